The van der Waals surface area contributed by atoms with Crippen molar-refractivity contribution in [1.29, 1.82) is 0 Å². The van der Waals surface area contributed by atoms with Crippen molar-refractivity contribution in [2.45, 2.75) is 32.3 Å². The summed E-state index contributed by atoms with van der Waals surface area (Å²) in [5.74, 6) is 5.87. The first-order valence-corrected chi connectivity index (χ1v) is 6.77. The number of rotatable bonds is 3. The summed E-state index contributed by atoms with van der Waals surface area (Å²) in [5.41, 5.74) is 3.59. The molecule has 1 fully saturated rings. The molecule has 1 aliphatic rings. The number of likely N-dealkylation sites (tertiary alicyclic amines) is 1. The third-order valence-electron chi connectivity index (χ3n) is 3.79. The Hall–Kier alpha value is -1.66. The van der Waals surface area contributed by atoms with E-state index in [-0.39, 0.29) is 11.5 Å². The molecule has 0 saturated carbocycles. The molecule has 1 aromatic rings. The molecule has 1 aromatic heterocycles. The van der Waals surface area contributed by atoms with Crippen molar-refractivity contribution in [2.75, 3.05) is 25.6 Å². The number of nitrogen functional groups attached to an aromatic ring is 1. The van der Waals surface area contributed by atoms with Gasteiger partial charge < -0.3 is 15.1 Å². The normalized spacial score (nSPS) is 22.7. The number of nitrogens with two attached hydrogens (primary N) is 1. The van der Waals surface area contributed by atoms with E-state index < -0.39 is 0 Å². The van der Waals surface area contributed by atoms with Gasteiger partial charge in [0.1, 0.15) is 5.82 Å². The van der Waals surface area contributed by atoms with Crippen molar-refractivity contribution >= 4 is 11.7 Å². The number of anilines is 1. The molecule has 20 heavy (non-hydrogen) atoms. The number of piperidine rings is 1. The molecule has 0 bridgehead atoms. The van der Waals surface area contributed by atoms with Crippen LogP contribution in [0.3, 0.4) is 0 Å². The van der Waals surface area contributed by atoms with Crippen molar-refractivity contribution in [1.82, 2.24) is 9.88 Å². The summed E-state index contributed by atoms with van der Waals surface area (Å²) < 4.78 is 5.52. The number of hydrazine groups is 1. The fourth-order valence-electron chi connectivity index (χ4n) is 2.59. The van der Waals surface area contributed by atoms with E-state index in [1.165, 1.54) is 0 Å². The average molecular weight is 278 g/mol. The predicted molar refractivity (Wildman–Crippen MR) is 77.3 cm³/mol. The van der Waals surface area contributed by atoms with Crippen LogP contribution in [0.4, 0.5) is 5.82 Å². The third-order valence-corrected chi connectivity index (χ3v) is 3.79. The number of hydrogen-bond acceptors (Lipinski definition) is 5. The van der Waals surface area contributed by atoms with Gasteiger partial charge in [0, 0.05) is 31.5 Å². The van der Waals surface area contributed by atoms with Crippen LogP contribution in [-0.4, -0.2) is 41.6 Å². The Morgan fingerprint density at radius 3 is 2.95 bits per heavy atom. The topological polar surface area (TPSA) is 80.5 Å². The van der Waals surface area contributed by atoms with Gasteiger partial charge in [-0.05, 0) is 38.8 Å². The predicted octanol–water partition coefficient (Wildman–Crippen LogP) is 1.32. The van der Waals surface area contributed by atoms with Crippen LogP contribution in [0.5, 0.6) is 0 Å². The third kappa shape index (κ3) is 3.08. The summed E-state index contributed by atoms with van der Waals surface area (Å²) in [6, 6.07) is 3.45. The van der Waals surface area contributed by atoms with Crippen molar-refractivity contribution in [3.05, 3.63) is 23.4 Å². The number of aryl methyl sites for hydroxylation is 1. The van der Waals surface area contributed by atoms with Gasteiger partial charge in [-0.2, -0.15) is 0 Å². The summed E-state index contributed by atoms with van der Waals surface area (Å²) >= 11 is 0. The molecule has 1 aliphatic heterocycles. The van der Waals surface area contributed by atoms with E-state index in [1.807, 2.05) is 18.7 Å². The molecule has 1 atom stereocenters. The van der Waals surface area contributed by atoms with Gasteiger partial charge in [0.05, 0.1) is 5.60 Å². The van der Waals surface area contributed by atoms with Gasteiger partial charge in [-0.3, -0.25) is 4.79 Å². The lowest BCUT2D eigenvalue weighted by Crippen LogP contribution is -2.49. The zero-order valence-electron chi connectivity index (χ0n) is 12.3. The van der Waals surface area contributed by atoms with Crippen LogP contribution in [-0.2, 0) is 4.74 Å². The first kappa shape index (κ1) is 14.7. The summed E-state index contributed by atoms with van der Waals surface area (Å²) in [6.45, 7) is 5.24. The number of carbonyl (C=O) groups is 1. The first-order valence-electron chi connectivity index (χ1n) is 6.77. The number of nitrogens with zero attached hydrogens (tertiary/aromatic N) is 2. The second-order valence-corrected chi connectivity index (χ2v) is 5.51. The van der Waals surface area contributed by atoms with Crippen molar-refractivity contribution in [3.63, 3.8) is 0 Å². The van der Waals surface area contributed by atoms with Gasteiger partial charge in [0.15, 0.2) is 0 Å². The van der Waals surface area contributed by atoms with Gasteiger partial charge in [0.2, 0.25) is 0 Å². The van der Waals surface area contributed by atoms with Crippen LogP contribution < -0.4 is 11.3 Å². The molecule has 6 nitrogen and oxygen atoms in total. The summed E-state index contributed by atoms with van der Waals surface area (Å²) in [5, 5.41) is 0. The molecular formula is C14H22N4O2. The van der Waals surface area contributed by atoms with E-state index in [4.69, 9.17) is 10.6 Å². The highest BCUT2D eigenvalue weighted by atomic mass is 16.5. The van der Waals surface area contributed by atoms with Crippen LogP contribution in [0.25, 0.3) is 0 Å². The maximum absolute atomic E-state index is 12.6. The number of aromatic nitrogens is 1. The molecule has 6 heteroatoms. The zero-order chi connectivity index (χ0) is 14.8. The molecule has 3 N–H and O–H groups in total. The molecule has 2 rings (SSSR count). The molecule has 1 unspecified atom stereocenters. The van der Waals surface area contributed by atoms with Crippen LogP contribution in [0, 0.1) is 6.92 Å². The molecular weight excluding hydrogens is 256 g/mol. The Morgan fingerprint density at radius 2 is 2.30 bits per heavy atom. The van der Waals surface area contributed by atoms with E-state index >= 15 is 0 Å². The van der Waals surface area contributed by atoms with Gasteiger partial charge >= 0.3 is 0 Å². The van der Waals surface area contributed by atoms with Gasteiger partial charge in [-0.1, -0.05) is 0 Å². The van der Waals surface area contributed by atoms with Gasteiger partial charge in [-0.25, -0.2) is 10.8 Å². The zero-order valence-corrected chi connectivity index (χ0v) is 12.3. The summed E-state index contributed by atoms with van der Waals surface area (Å²) in [6.07, 6.45) is 1.92. The Labute approximate surface area is 119 Å². The Bertz CT molecular complexity index is 506. The largest absolute Gasteiger partial charge is 0.377 e. The van der Waals surface area contributed by atoms with Crippen LogP contribution in [0.15, 0.2) is 12.1 Å². The highest BCUT2D eigenvalue weighted by Crippen LogP contribution is 2.25. The maximum Gasteiger partial charge on any atom is 0.254 e. The SMILES string of the molecule is COC1(C)CCCN(C(=O)c2cc(C)nc(NN)c2)C1. The smallest absolute Gasteiger partial charge is 0.254 e. The quantitative estimate of drug-likeness (QED) is 0.644. The minimum Gasteiger partial charge on any atom is -0.377 e. The Morgan fingerprint density at radius 1 is 1.55 bits per heavy atom. The number of pyridine rings is 1. The Balaban J connectivity index is 2.20. The van der Waals surface area contributed by atoms with Crippen LogP contribution in [0.1, 0.15) is 35.8 Å². The van der Waals surface area contributed by atoms with Crippen LogP contribution in [0.2, 0.25) is 0 Å². The average Bonchev–Trinajstić information content (AvgIpc) is 2.45. The number of ether oxygens (including phenoxy) is 1. The minimum absolute atomic E-state index is 0.00465. The summed E-state index contributed by atoms with van der Waals surface area (Å²) in [7, 11) is 1.70. The number of carbonyl (C=O) groups excluding carboxylic acids is 1. The number of amides is 1. The number of nitrogens with one attached hydrogen (secondary N) is 1. The Kier molecular flexibility index (Phi) is 4.25. The highest BCUT2D eigenvalue weighted by Gasteiger charge is 2.33. The minimum atomic E-state index is -0.259. The van der Waals surface area contributed by atoms with E-state index in [2.05, 4.69) is 10.4 Å². The monoisotopic (exact) mass is 278 g/mol. The highest BCUT2D eigenvalue weighted by molar-refractivity contribution is 5.95. The van der Waals surface area contributed by atoms with Gasteiger partial charge in [-0.15, -0.1) is 0 Å². The van der Waals surface area contributed by atoms with E-state index in [1.54, 1.807) is 19.2 Å². The second-order valence-electron chi connectivity index (χ2n) is 5.51. The van der Waals surface area contributed by atoms with Crippen molar-refractivity contribution < 1.29 is 9.53 Å². The standard InChI is InChI=1S/C14H22N4O2/c1-10-7-11(8-12(16-10)17-15)13(19)18-6-4-5-14(2,9-18)20-3/h7-8H,4-6,9,15H2,1-3H3,(H,16,17). The van der Waals surface area contributed by atoms with E-state index in [0.29, 0.717) is 17.9 Å². The van der Waals surface area contributed by atoms with Gasteiger partial charge in [0.25, 0.3) is 5.91 Å². The maximum atomic E-state index is 12.6. The molecule has 0 radical (unpaired) electrons. The molecule has 110 valence electrons. The molecule has 2 heterocycles. The molecule has 0 spiro atoms. The molecule has 1 amide bonds. The lowest BCUT2D eigenvalue weighted by atomic mass is 9.94. The first-order chi connectivity index (χ1) is 9.47. The lowest BCUT2D eigenvalue weighted by molar-refractivity contribution is -0.0440. The molecule has 0 aromatic carbocycles. The second kappa shape index (κ2) is 5.76. The van der Waals surface area contributed by atoms with E-state index in [9.17, 15) is 4.79 Å². The lowest BCUT2D eigenvalue weighted by Gasteiger charge is -2.39. The van der Waals surface area contributed by atoms with E-state index in [0.717, 1.165) is 25.1 Å². The number of methoxy groups -OCH3 is 1. The summed E-state index contributed by atoms with van der Waals surface area (Å²) in [4.78, 5) is 18.6. The number of hydrogen-bond donors (Lipinski definition) is 2. The molecule has 1 saturated heterocycles. The molecule has 0 aliphatic carbocycles. The van der Waals surface area contributed by atoms with Crippen molar-refractivity contribution in [2.24, 2.45) is 5.84 Å². The fraction of sp³-hybridized carbons (Fsp3) is 0.571. The van der Waals surface area contributed by atoms with Crippen LogP contribution >= 0.6 is 0 Å². The fourth-order valence-corrected chi connectivity index (χ4v) is 2.59. The van der Waals surface area contributed by atoms with Crippen molar-refractivity contribution in [3.8, 4) is 0 Å².